The first-order chi connectivity index (χ1) is 9.25. The zero-order chi connectivity index (χ0) is 13.2. The predicted octanol–water partition coefficient (Wildman–Crippen LogP) is 3.77. The summed E-state index contributed by atoms with van der Waals surface area (Å²) >= 11 is 0. The van der Waals surface area contributed by atoms with Crippen LogP contribution in [0.4, 0.5) is 0 Å². The summed E-state index contributed by atoms with van der Waals surface area (Å²) in [7, 11) is 0. The molecule has 1 N–H and O–H groups in total. The number of carbonyl (C=O) groups is 1. The molecule has 1 aliphatic rings. The summed E-state index contributed by atoms with van der Waals surface area (Å²) in [5.74, 6) is -0.726. The minimum atomic E-state index is -0.726. The average Bonchev–Trinajstić information content (AvgIpc) is 3.04. The molecule has 0 spiro atoms. The molecule has 1 heterocycles. The highest BCUT2D eigenvalue weighted by atomic mass is 16.4. The second-order valence-electron chi connectivity index (χ2n) is 5.41. The van der Waals surface area contributed by atoms with Gasteiger partial charge in [-0.25, -0.2) is 0 Å². The Hall–Kier alpha value is -1.77. The smallest absolute Gasteiger partial charge is 0.303 e. The van der Waals surface area contributed by atoms with Crippen molar-refractivity contribution in [1.82, 2.24) is 4.57 Å². The SMILES string of the molecule is O=C(O)CCc1cccc2ccn(C3CCCC3)c12. The lowest BCUT2D eigenvalue weighted by Crippen LogP contribution is -2.05. The van der Waals surface area contributed by atoms with Gasteiger partial charge in [0.05, 0.1) is 5.52 Å². The molecule has 1 aromatic heterocycles. The second-order valence-corrected chi connectivity index (χ2v) is 5.41. The van der Waals surface area contributed by atoms with Crippen LogP contribution < -0.4 is 0 Å². The molecule has 1 saturated carbocycles. The number of carboxylic acids is 1. The van der Waals surface area contributed by atoms with Gasteiger partial charge in [0.2, 0.25) is 0 Å². The normalized spacial score (nSPS) is 16.2. The lowest BCUT2D eigenvalue weighted by Gasteiger charge is -2.15. The van der Waals surface area contributed by atoms with Crippen LogP contribution >= 0.6 is 0 Å². The lowest BCUT2D eigenvalue weighted by atomic mass is 10.1. The average molecular weight is 257 g/mol. The number of rotatable bonds is 4. The van der Waals surface area contributed by atoms with Crippen molar-refractivity contribution in [3.8, 4) is 0 Å². The van der Waals surface area contributed by atoms with Gasteiger partial charge in [0.25, 0.3) is 0 Å². The van der Waals surface area contributed by atoms with E-state index in [1.165, 1.54) is 36.6 Å². The van der Waals surface area contributed by atoms with Crippen LogP contribution in [0.2, 0.25) is 0 Å². The fourth-order valence-corrected chi connectivity index (χ4v) is 3.23. The van der Waals surface area contributed by atoms with Crippen LogP contribution in [0.5, 0.6) is 0 Å². The third-order valence-electron chi connectivity index (χ3n) is 4.15. The molecule has 3 heteroatoms. The zero-order valence-electron chi connectivity index (χ0n) is 11.0. The van der Waals surface area contributed by atoms with Crippen molar-refractivity contribution >= 4 is 16.9 Å². The summed E-state index contributed by atoms with van der Waals surface area (Å²) in [6.45, 7) is 0. The number of hydrogen-bond donors (Lipinski definition) is 1. The molecule has 3 rings (SSSR count). The van der Waals surface area contributed by atoms with E-state index < -0.39 is 5.97 Å². The Morgan fingerprint density at radius 3 is 2.79 bits per heavy atom. The van der Waals surface area contributed by atoms with Crippen LogP contribution in [0.25, 0.3) is 10.9 Å². The van der Waals surface area contributed by atoms with Gasteiger partial charge in [-0.05, 0) is 36.3 Å². The van der Waals surface area contributed by atoms with Gasteiger partial charge in [0.15, 0.2) is 0 Å². The summed E-state index contributed by atoms with van der Waals surface area (Å²) in [5.41, 5.74) is 2.41. The van der Waals surface area contributed by atoms with E-state index in [0.717, 1.165) is 5.56 Å². The molecule has 0 saturated heterocycles. The molecule has 19 heavy (non-hydrogen) atoms. The first-order valence-electron chi connectivity index (χ1n) is 7.06. The van der Waals surface area contributed by atoms with Gasteiger partial charge in [0, 0.05) is 18.7 Å². The molecular weight excluding hydrogens is 238 g/mol. The van der Waals surface area contributed by atoms with Crippen LogP contribution in [0, 0.1) is 0 Å². The number of para-hydroxylation sites is 1. The Balaban J connectivity index is 2.00. The van der Waals surface area contributed by atoms with Gasteiger partial charge in [-0.3, -0.25) is 4.79 Å². The highest BCUT2D eigenvalue weighted by molar-refractivity contribution is 5.84. The van der Waals surface area contributed by atoms with E-state index in [1.807, 2.05) is 6.07 Å². The Morgan fingerprint density at radius 1 is 1.26 bits per heavy atom. The number of hydrogen-bond acceptors (Lipinski definition) is 1. The number of carboxylic acid groups (broad SMARTS) is 1. The van der Waals surface area contributed by atoms with Gasteiger partial charge < -0.3 is 9.67 Å². The molecule has 1 aliphatic carbocycles. The quantitative estimate of drug-likeness (QED) is 0.905. The molecule has 1 aromatic carbocycles. The number of aryl methyl sites for hydroxylation is 1. The van der Waals surface area contributed by atoms with E-state index >= 15 is 0 Å². The predicted molar refractivity (Wildman–Crippen MR) is 75.4 cm³/mol. The number of nitrogens with zero attached hydrogens (tertiary/aromatic N) is 1. The van der Waals surface area contributed by atoms with E-state index in [9.17, 15) is 4.79 Å². The maximum atomic E-state index is 10.8. The largest absolute Gasteiger partial charge is 0.481 e. The maximum absolute atomic E-state index is 10.8. The fourth-order valence-electron chi connectivity index (χ4n) is 3.23. The van der Waals surface area contributed by atoms with E-state index in [-0.39, 0.29) is 6.42 Å². The van der Waals surface area contributed by atoms with Crippen molar-refractivity contribution in [2.75, 3.05) is 0 Å². The summed E-state index contributed by atoms with van der Waals surface area (Å²) < 4.78 is 2.37. The van der Waals surface area contributed by atoms with Gasteiger partial charge >= 0.3 is 5.97 Å². The van der Waals surface area contributed by atoms with E-state index in [2.05, 4.69) is 29.0 Å². The monoisotopic (exact) mass is 257 g/mol. The highest BCUT2D eigenvalue weighted by Crippen LogP contribution is 2.34. The summed E-state index contributed by atoms with van der Waals surface area (Å²) in [6, 6.07) is 8.96. The van der Waals surface area contributed by atoms with Gasteiger partial charge in [0.1, 0.15) is 0 Å². The van der Waals surface area contributed by atoms with Crippen molar-refractivity contribution in [3.63, 3.8) is 0 Å². The molecule has 100 valence electrons. The highest BCUT2D eigenvalue weighted by Gasteiger charge is 2.19. The van der Waals surface area contributed by atoms with Crippen LogP contribution in [-0.4, -0.2) is 15.6 Å². The first kappa shape index (κ1) is 12.3. The number of aliphatic carboxylic acids is 1. The van der Waals surface area contributed by atoms with Crippen molar-refractivity contribution in [2.45, 2.75) is 44.6 Å². The van der Waals surface area contributed by atoms with Gasteiger partial charge in [-0.15, -0.1) is 0 Å². The molecule has 0 unspecified atom stereocenters. The summed E-state index contributed by atoms with van der Waals surface area (Å²) in [6.07, 6.45) is 8.10. The van der Waals surface area contributed by atoms with Crippen LogP contribution in [0.1, 0.15) is 43.7 Å². The molecule has 2 aromatic rings. The van der Waals surface area contributed by atoms with E-state index in [1.54, 1.807) is 0 Å². The van der Waals surface area contributed by atoms with Crippen LogP contribution in [0.3, 0.4) is 0 Å². The summed E-state index contributed by atoms with van der Waals surface area (Å²) in [4.78, 5) is 10.8. The van der Waals surface area contributed by atoms with Crippen LogP contribution in [0.15, 0.2) is 30.5 Å². The third kappa shape index (κ3) is 2.37. The molecule has 0 atom stereocenters. The maximum Gasteiger partial charge on any atom is 0.303 e. The third-order valence-corrected chi connectivity index (χ3v) is 4.15. The van der Waals surface area contributed by atoms with Gasteiger partial charge in [-0.1, -0.05) is 31.0 Å². The summed E-state index contributed by atoms with van der Waals surface area (Å²) in [5, 5.41) is 10.1. The van der Waals surface area contributed by atoms with Crippen molar-refractivity contribution in [3.05, 3.63) is 36.0 Å². The van der Waals surface area contributed by atoms with Crippen LogP contribution in [-0.2, 0) is 11.2 Å². The lowest BCUT2D eigenvalue weighted by molar-refractivity contribution is -0.136. The number of aromatic nitrogens is 1. The molecule has 0 bridgehead atoms. The van der Waals surface area contributed by atoms with Gasteiger partial charge in [-0.2, -0.15) is 0 Å². The Morgan fingerprint density at radius 2 is 2.05 bits per heavy atom. The standard InChI is InChI=1S/C16H19NO2/c18-15(19)9-8-12-4-3-5-13-10-11-17(16(12)13)14-6-1-2-7-14/h3-5,10-11,14H,1-2,6-9H2,(H,18,19). The van der Waals surface area contributed by atoms with E-state index in [0.29, 0.717) is 12.5 Å². The number of fused-ring (bicyclic) bond motifs is 1. The molecule has 0 radical (unpaired) electrons. The van der Waals surface area contributed by atoms with Crippen molar-refractivity contribution in [2.24, 2.45) is 0 Å². The molecule has 0 aliphatic heterocycles. The van der Waals surface area contributed by atoms with Crippen molar-refractivity contribution < 1.29 is 9.90 Å². The Labute approximate surface area is 112 Å². The Kier molecular flexibility index (Phi) is 3.28. The zero-order valence-corrected chi connectivity index (χ0v) is 11.0. The minimum absolute atomic E-state index is 0.203. The first-order valence-corrected chi connectivity index (χ1v) is 7.06. The molecule has 3 nitrogen and oxygen atoms in total. The molecule has 1 fully saturated rings. The molecular formula is C16H19NO2. The topological polar surface area (TPSA) is 42.2 Å². The van der Waals surface area contributed by atoms with E-state index in [4.69, 9.17) is 5.11 Å². The fraction of sp³-hybridized carbons (Fsp3) is 0.438. The number of benzene rings is 1. The minimum Gasteiger partial charge on any atom is -0.481 e. The Bertz CT molecular complexity index is 594. The second kappa shape index (κ2) is 5.08. The van der Waals surface area contributed by atoms with Crippen molar-refractivity contribution in [1.29, 1.82) is 0 Å². The molecule has 0 amide bonds.